The standard InChI is InChI=1S/C18H31N5OS/c1-4-19-18(20-10-7-16(24)21-14(2)3)22-15-8-11-23(12-9-15)17-6-5-13-25-17/h5-6,13-15H,4,7-12H2,1-3H3,(H,21,24)(H2,19,20,22). The predicted octanol–water partition coefficient (Wildman–Crippen LogP) is 2.19. The van der Waals surface area contributed by atoms with Gasteiger partial charge in [-0.15, -0.1) is 11.3 Å². The lowest BCUT2D eigenvalue weighted by Crippen LogP contribution is -2.48. The van der Waals surface area contributed by atoms with E-state index in [1.165, 1.54) is 5.00 Å². The zero-order valence-corrected chi connectivity index (χ0v) is 16.4. The summed E-state index contributed by atoms with van der Waals surface area (Å²) in [6.07, 6.45) is 2.61. The zero-order valence-electron chi connectivity index (χ0n) is 15.5. The number of nitrogens with one attached hydrogen (secondary N) is 3. The third-order valence-corrected chi connectivity index (χ3v) is 4.99. The second-order valence-electron chi connectivity index (χ2n) is 6.59. The van der Waals surface area contributed by atoms with E-state index in [9.17, 15) is 4.79 Å². The number of carbonyl (C=O) groups is 1. The Labute approximate surface area is 155 Å². The van der Waals surface area contributed by atoms with Crippen molar-refractivity contribution >= 4 is 28.2 Å². The van der Waals surface area contributed by atoms with Crippen molar-refractivity contribution in [2.75, 3.05) is 31.1 Å². The van der Waals surface area contributed by atoms with E-state index in [1.54, 1.807) is 11.3 Å². The average molecular weight is 366 g/mol. The van der Waals surface area contributed by atoms with Gasteiger partial charge in [0.2, 0.25) is 5.91 Å². The Kier molecular flexibility index (Phi) is 8.04. The summed E-state index contributed by atoms with van der Waals surface area (Å²) in [5.74, 6) is 0.869. The molecule has 0 unspecified atom stereocenters. The summed E-state index contributed by atoms with van der Waals surface area (Å²) < 4.78 is 0. The van der Waals surface area contributed by atoms with Crippen LogP contribution >= 0.6 is 11.3 Å². The second-order valence-corrected chi connectivity index (χ2v) is 7.52. The van der Waals surface area contributed by atoms with Gasteiger partial charge in [-0.3, -0.25) is 9.79 Å². The molecule has 1 fully saturated rings. The molecule has 6 nitrogen and oxygen atoms in total. The number of rotatable bonds is 7. The molecule has 1 aromatic rings. The molecule has 0 atom stereocenters. The number of anilines is 1. The van der Waals surface area contributed by atoms with E-state index in [4.69, 9.17) is 0 Å². The summed E-state index contributed by atoms with van der Waals surface area (Å²) >= 11 is 1.80. The first-order valence-corrected chi connectivity index (χ1v) is 10.1. The largest absolute Gasteiger partial charge is 0.363 e. The molecule has 1 aliphatic rings. The monoisotopic (exact) mass is 365 g/mol. The number of amides is 1. The fourth-order valence-electron chi connectivity index (χ4n) is 2.87. The maximum absolute atomic E-state index is 11.7. The summed E-state index contributed by atoms with van der Waals surface area (Å²) in [5, 5.41) is 13.2. The van der Waals surface area contributed by atoms with Gasteiger partial charge in [0.05, 0.1) is 11.5 Å². The molecule has 0 radical (unpaired) electrons. The molecule has 0 aliphatic carbocycles. The molecule has 2 heterocycles. The van der Waals surface area contributed by atoms with E-state index >= 15 is 0 Å². The van der Waals surface area contributed by atoms with Crippen molar-refractivity contribution in [3.63, 3.8) is 0 Å². The van der Waals surface area contributed by atoms with Crippen molar-refractivity contribution in [3.8, 4) is 0 Å². The molecule has 7 heteroatoms. The van der Waals surface area contributed by atoms with Crippen molar-refractivity contribution in [1.29, 1.82) is 0 Å². The molecular formula is C18H31N5OS. The Morgan fingerprint density at radius 1 is 1.40 bits per heavy atom. The molecule has 0 aromatic carbocycles. The van der Waals surface area contributed by atoms with E-state index in [1.807, 2.05) is 13.8 Å². The van der Waals surface area contributed by atoms with Gasteiger partial charge in [-0.05, 0) is 51.1 Å². The lowest BCUT2D eigenvalue weighted by atomic mass is 10.1. The number of guanidine groups is 1. The Bertz CT molecular complexity index is 536. The maximum Gasteiger partial charge on any atom is 0.222 e. The normalized spacial score (nSPS) is 16.2. The highest BCUT2D eigenvalue weighted by atomic mass is 32.1. The molecule has 0 spiro atoms. The minimum absolute atomic E-state index is 0.0545. The Hall–Kier alpha value is -1.76. The molecule has 140 valence electrons. The van der Waals surface area contributed by atoms with Crippen LogP contribution in [0.2, 0.25) is 0 Å². The highest BCUT2D eigenvalue weighted by molar-refractivity contribution is 7.14. The van der Waals surface area contributed by atoms with Crippen LogP contribution in [-0.2, 0) is 4.79 Å². The predicted molar refractivity (Wildman–Crippen MR) is 107 cm³/mol. The van der Waals surface area contributed by atoms with E-state index < -0.39 is 0 Å². The van der Waals surface area contributed by atoms with Gasteiger partial charge in [0.1, 0.15) is 0 Å². The summed E-state index contributed by atoms with van der Waals surface area (Å²) in [6.45, 7) is 9.44. The smallest absolute Gasteiger partial charge is 0.222 e. The van der Waals surface area contributed by atoms with Crippen molar-refractivity contribution in [1.82, 2.24) is 16.0 Å². The minimum Gasteiger partial charge on any atom is -0.363 e. The van der Waals surface area contributed by atoms with Gasteiger partial charge in [0.25, 0.3) is 0 Å². The van der Waals surface area contributed by atoms with Crippen LogP contribution in [0, 0.1) is 0 Å². The van der Waals surface area contributed by atoms with Crippen molar-refractivity contribution in [2.45, 2.75) is 52.1 Å². The average Bonchev–Trinajstić information content (AvgIpc) is 3.09. The van der Waals surface area contributed by atoms with Crippen molar-refractivity contribution in [2.24, 2.45) is 4.99 Å². The third kappa shape index (κ3) is 6.94. The fourth-order valence-corrected chi connectivity index (χ4v) is 3.66. The molecule has 25 heavy (non-hydrogen) atoms. The molecule has 1 aliphatic heterocycles. The first-order valence-electron chi connectivity index (χ1n) is 9.21. The van der Waals surface area contributed by atoms with Crippen LogP contribution in [0.5, 0.6) is 0 Å². The van der Waals surface area contributed by atoms with E-state index in [2.05, 4.69) is 50.3 Å². The lowest BCUT2D eigenvalue weighted by molar-refractivity contribution is -0.121. The molecule has 0 bridgehead atoms. The number of aliphatic imine (C=N–C) groups is 1. The Morgan fingerprint density at radius 2 is 2.16 bits per heavy atom. The van der Waals surface area contributed by atoms with Gasteiger partial charge in [0.15, 0.2) is 5.96 Å². The van der Waals surface area contributed by atoms with Crippen molar-refractivity contribution < 1.29 is 4.79 Å². The van der Waals surface area contributed by atoms with Crippen LogP contribution < -0.4 is 20.9 Å². The summed E-state index contributed by atoms with van der Waals surface area (Å²) in [7, 11) is 0. The number of hydrogen-bond acceptors (Lipinski definition) is 4. The maximum atomic E-state index is 11.7. The zero-order chi connectivity index (χ0) is 18.1. The third-order valence-electron chi connectivity index (χ3n) is 4.06. The molecular weight excluding hydrogens is 334 g/mol. The lowest BCUT2D eigenvalue weighted by Gasteiger charge is -2.33. The second kappa shape index (κ2) is 10.3. The van der Waals surface area contributed by atoms with Gasteiger partial charge in [0, 0.05) is 38.1 Å². The first-order chi connectivity index (χ1) is 12.1. The van der Waals surface area contributed by atoms with Crippen LogP contribution in [0.3, 0.4) is 0 Å². The molecule has 3 N–H and O–H groups in total. The SMILES string of the molecule is CCNC(=NCCC(=O)NC(C)C)NC1CCN(c2cccs2)CC1. The molecule has 1 amide bonds. The Morgan fingerprint density at radius 3 is 2.76 bits per heavy atom. The van der Waals surface area contributed by atoms with Gasteiger partial charge in [-0.2, -0.15) is 0 Å². The van der Waals surface area contributed by atoms with Crippen LogP contribution in [0.1, 0.15) is 40.0 Å². The van der Waals surface area contributed by atoms with Crippen LogP contribution in [0.15, 0.2) is 22.5 Å². The molecule has 2 rings (SSSR count). The summed E-state index contributed by atoms with van der Waals surface area (Å²) in [4.78, 5) is 18.7. The first kappa shape index (κ1) is 19.6. The van der Waals surface area contributed by atoms with Gasteiger partial charge >= 0.3 is 0 Å². The molecule has 1 aromatic heterocycles. The van der Waals surface area contributed by atoms with Gasteiger partial charge < -0.3 is 20.9 Å². The van der Waals surface area contributed by atoms with Crippen LogP contribution in [0.4, 0.5) is 5.00 Å². The Balaban J connectivity index is 1.77. The van der Waals surface area contributed by atoms with E-state index in [0.29, 0.717) is 19.0 Å². The highest BCUT2D eigenvalue weighted by Gasteiger charge is 2.20. The number of hydrogen-bond donors (Lipinski definition) is 3. The number of nitrogens with zero attached hydrogens (tertiary/aromatic N) is 2. The molecule has 0 saturated carbocycles. The van der Waals surface area contributed by atoms with Crippen molar-refractivity contribution in [3.05, 3.63) is 17.5 Å². The number of carbonyl (C=O) groups excluding carboxylic acids is 1. The minimum atomic E-state index is 0.0545. The fraction of sp³-hybridized carbons (Fsp3) is 0.667. The van der Waals surface area contributed by atoms with Crippen LogP contribution in [-0.4, -0.2) is 50.1 Å². The number of piperidine rings is 1. The number of thiophene rings is 1. The van der Waals surface area contributed by atoms with Crippen LogP contribution in [0.25, 0.3) is 0 Å². The summed E-state index contributed by atoms with van der Waals surface area (Å²) in [6, 6.07) is 4.90. The molecule has 1 saturated heterocycles. The highest BCUT2D eigenvalue weighted by Crippen LogP contribution is 2.24. The summed E-state index contributed by atoms with van der Waals surface area (Å²) in [5.41, 5.74) is 0. The topological polar surface area (TPSA) is 68.8 Å². The van der Waals surface area contributed by atoms with Gasteiger partial charge in [-0.1, -0.05) is 0 Å². The van der Waals surface area contributed by atoms with Gasteiger partial charge in [-0.25, -0.2) is 0 Å². The van der Waals surface area contributed by atoms with E-state index in [0.717, 1.165) is 38.4 Å². The quantitative estimate of drug-likeness (QED) is 0.512. The van der Waals surface area contributed by atoms with E-state index in [-0.39, 0.29) is 11.9 Å².